The van der Waals surface area contributed by atoms with Gasteiger partial charge in [-0.3, -0.25) is 14.5 Å². The molecule has 6 heteroatoms. The van der Waals surface area contributed by atoms with Crippen molar-refractivity contribution < 1.29 is 14.3 Å². The number of hydrogen-bond acceptors (Lipinski definition) is 4. The molecule has 0 aromatic heterocycles. The number of amides is 2. The van der Waals surface area contributed by atoms with Crippen molar-refractivity contribution in [2.24, 2.45) is 0 Å². The van der Waals surface area contributed by atoms with E-state index in [0.717, 1.165) is 13.1 Å². The van der Waals surface area contributed by atoms with Gasteiger partial charge in [-0.15, -0.1) is 0 Å². The first-order chi connectivity index (χ1) is 13.6. The van der Waals surface area contributed by atoms with Crippen LogP contribution in [0.5, 0.6) is 5.75 Å². The maximum atomic E-state index is 12.9. The Bertz CT molecular complexity index is 875. The molecule has 0 saturated carbocycles. The van der Waals surface area contributed by atoms with Crippen LogP contribution in [-0.2, 0) is 9.59 Å². The quantitative estimate of drug-likeness (QED) is 0.822. The molecule has 1 saturated heterocycles. The third-order valence-corrected chi connectivity index (χ3v) is 5.32. The van der Waals surface area contributed by atoms with Crippen molar-refractivity contribution in [2.45, 2.75) is 13.3 Å². The van der Waals surface area contributed by atoms with Gasteiger partial charge in [0, 0.05) is 31.9 Å². The molecule has 0 N–H and O–H groups in total. The van der Waals surface area contributed by atoms with E-state index in [0.29, 0.717) is 31.1 Å². The molecule has 2 aromatic rings. The molecule has 2 heterocycles. The summed E-state index contributed by atoms with van der Waals surface area (Å²) in [5.41, 5.74) is 3.11. The molecule has 0 radical (unpaired) electrons. The zero-order valence-electron chi connectivity index (χ0n) is 16.1. The summed E-state index contributed by atoms with van der Waals surface area (Å²) in [4.78, 5) is 31.2. The summed E-state index contributed by atoms with van der Waals surface area (Å²) in [6, 6.07) is 15.8. The first-order valence-electron chi connectivity index (χ1n) is 9.73. The number of rotatable bonds is 3. The van der Waals surface area contributed by atoms with Crippen LogP contribution >= 0.6 is 0 Å². The Morgan fingerprint density at radius 3 is 2.61 bits per heavy atom. The van der Waals surface area contributed by atoms with Crippen LogP contribution in [0.3, 0.4) is 0 Å². The fraction of sp³-hybridized carbons (Fsp3) is 0.364. The number of hydrogen-bond donors (Lipinski definition) is 0. The van der Waals surface area contributed by atoms with Crippen LogP contribution in [0.15, 0.2) is 48.5 Å². The Kier molecular flexibility index (Phi) is 5.19. The predicted octanol–water partition coefficient (Wildman–Crippen LogP) is 2.46. The SMILES string of the molecule is Cc1cccc(N2CCN(C(=O)CN3C(=O)CCOc4ccccc43)CC2)c1. The van der Waals surface area contributed by atoms with Crippen molar-refractivity contribution in [3.05, 3.63) is 54.1 Å². The average Bonchev–Trinajstić information content (AvgIpc) is 2.87. The number of carbonyl (C=O) groups is 2. The maximum Gasteiger partial charge on any atom is 0.242 e. The van der Waals surface area contributed by atoms with Gasteiger partial charge in [-0.1, -0.05) is 24.3 Å². The highest BCUT2D eigenvalue weighted by atomic mass is 16.5. The van der Waals surface area contributed by atoms with Gasteiger partial charge in [-0.25, -0.2) is 0 Å². The summed E-state index contributed by atoms with van der Waals surface area (Å²) in [6.07, 6.45) is 0.281. The molecule has 2 aliphatic rings. The summed E-state index contributed by atoms with van der Waals surface area (Å²) in [7, 11) is 0. The number of piperazine rings is 1. The van der Waals surface area contributed by atoms with E-state index >= 15 is 0 Å². The minimum Gasteiger partial charge on any atom is -0.491 e. The van der Waals surface area contributed by atoms with Crippen molar-refractivity contribution in [3.8, 4) is 5.75 Å². The molecule has 0 aliphatic carbocycles. The minimum atomic E-state index is -0.0725. The highest BCUT2D eigenvalue weighted by Crippen LogP contribution is 2.31. The Morgan fingerprint density at radius 2 is 1.82 bits per heavy atom. The molecular weight excluding hydrogens is 354 g/mol. The Balaban J connectivity index is 1.41. The normalized spacial score (nSPS) is 17.0. The zero-order valence-corrected chi connectivity index (χ0v) is 16.1. The van der Waals surface area contributed by atoms with Gasteiger partial charge in [0.1, 0.15) is 12.3 Å². The van der Waals surface area contributed by atoms with E-state index in [2.05, 4.69) is 36.1 Å². The lowest BCUT2D eigenvalue weighted by atomic mass is 10.2. The summed E-state index contributed by atoms with van der Waals surface area (Å²) in [5, 5.41) is 0. The summed E-state index contributed by atoms with van der Waals surface area (Å²) >= 11 is 0. The van der Waals surface area contributed by atoms with Crippen LogP contribution in [0.25, 0.3) is 0 Å². The van der Waals surface area contributed by atoms with Crippen LogP contribution in [0.2, 0.25) is 0 Å². The van der Waals surface area contributed by atoms with E-state index < -0.39 is 0 Å². The van der Waals surface area contributed by atoms with E-state index in [1.165, 1.54) is 11.3 Å². The molecule has 2 aliphatic heterocycles. The number of carbonyl (C=O) groups excluding carboxylic acids is 2. The van der Waals surface area contributed by atoms with Gasteiger partial charge in [-0.2, -0.15) is 0 Å². The van der Waals surface area contributed by atoms with Crippen molar-refractivity contribution in [1.82, 2.24) is 4.90 Å². The topological polar surface area (TPSA) is 53.1 Å². The van der Waals surface area contributed by atoms with Crippen LogP contribution in [0, 0.1) is 6.92 Å². The van der Waals surface area contributed by atoms with Gasteiger partial charge < -0.3 is 14.5 Å². The van der Waals surface area contributed by atoms with Gasteiger partial charge in [0.15, 0.2) is 0 Å². The van der Waals surface area contributed by atoms with Crippen LogP contribution in [0.1, 0.15) is 12.0 Å². The largest absolute Gasteiger partial charge is 0.491 e. The van der Waals surface area contributed by atoms with Gasteiger partial charge in [0.2, 0.25) is 11.8 Å². The Hall–Kier alpha value is -3.02. The van der Waals surface area contributed by atoms with Crippen LogP contribution in [0.4, 0.5) is 11.4 Å². The van der Waals surface area contributed by atoms with E-state index in [4.69, 9.17) is 4.74 Å². The lowest BCUT2D eigenvalue weighted by Gasteiger charge is -2.37. The van der Waals surface area contributed by atoms with Crippen LogP contribution in [-0.4, -0.2) is 56.0 Å². The van der Waals surface area contributed by atoms with Gasteiger partial charge in [-0.05, 0) is 36.8 Å². The summed E-state index contributed by atoms with van der Waals surface area (Å²) < 4.78 is 5.65. The number of ether oxygens (including phenoxy) is 1. The molecule has 1 fully saturated rings. The maximum absolute atomic E-state index is 12.9. The molecule has 2 amide bonds. The van der Waals surface area contributed by atoms with E-state index in [1.807, 2.05) is 29.2 Å². The van der Waals surface area contributed by atoms with E-state index in [9.17, 15) is 9.59 Å². The first-order valence-corrected chi connectivity index (χ1v) is 9.73. The second kappa shape index (κ2) is 7.92. The average molecular weight is 379 g/mol. The Morgan fingerprint density at radius 1 is 1.04 bits per heavy atom. The summed E-state index contributed by atoms with van der Waals surface area (Å²) in [5.74, 6) is 0.566. The predicted molar refractivity (Wildman–Crippen MR) is 109 cm³/mol. The molecule has 146 valence electrons. The lowest BCUT2D eigenvalue weighted by Crippen LogP contribution is -2.52. The molecule has 4 rings (SSSR count). The third kappa shape index (κ3) is 3.81. The number of para-hydroxylation sites is 2. The number of anilines is 2. The van der Waals surface area contributed by atoms with Crippen molar-refractivity contribution >= 4 is 23.2 Å². The van der Waals surface area contributed by atoms with E-state index in [-0.39, 0.29) is 24.8 Å². The van der Waals surface area contributed by atoms with Gasteiger partial charge in [0.25, 0.3) is 0 Å². The molecule has 2 aromatic carbocycles. The fourth-order valence-corrected chi connectivity index (χ4v) is 3.77. The molecule has 28 heavy (non-hydrogen) atoms. The second-order valence-corrected chi connectivity index (χ2v) is 7.25. The van der Waals surface area contributed by atoms with Crippen molar-refractivity contribution in [2.75, 3.05) is 49.1 Å². The number of nitrogens with zero attached hydrogens (tertiary/aromatic N) is 3. The summed E-state index contributed by atoms with van der Waals surface area (Å²) in [6.45, 7) is 5.40. The van der Waals surface area contributed by atoms with Gasteiger partial charge >= 0.3 is 0 Å². The molecule has 0 spiro atoms. The third-order valence-electron chi connectivity index (χ3n) is 5.32. The molecule has 6 nitrogen and oxygen atoms in total. The monoisotopic (exact) mass is 379 g/mol. The van der Waals surface area contributed by atoms with Crippen LogP contribution < -0.4 is 14.5 Å². The standard InChI is InChI=1S/C22H25N3O3/c1-17-5-4-6-18(15-17)23-10-12-24(13-11-23)22(27)16-25-19-7-2-3-8-20(19)28-14-9-21(25)26/h2-8,15H,9-14,16H2,1H3. The second-order valence-electron chi connectivity index (χ2n) is 7.25. The highest BCUT2D eigenvalue weighted by molar-refractivity contribution is 6.00. The number of benzene rings is 2. The molecule has 0 bridgehead atoms. The molecule has 0 atom stereocenters. The van der Waals surface area contributed by atoms with Crippen molar-refractivity contribution in [1.29, 1.82) is 0 Å². The molecule has 0 unspecified atom stereocenters. The number of aryl methyl sites for hydroxylation is 1. The first kappa shape index (κ1) is 18.3. The zero-order chi connectivity index (χ0) is 19.5. The van der Waals surface area contributed by atoms with Crippen molar-refractivity contribution in [3.63, 3.8) is 0 Å². The smallest absolute Gasteiger partial charge is 0.242 e. The molecular formula is C22H25N3O3. The fourth-order valence-electron chi connectivity index (χ4n) is 3.77. The highest BCUT2D eigenvalue weighted by Gasteiger charge is 2.28. The lowest BCUT2D eigenvalue weighted by molar-refractivity contribution is -0.131. The minimum absolute atomic E-state index is 0.0195. The Labute approximate surface area is 165 Å². The van der Waals surface area contributed by atoms with E-state index in [1.54, 1.807) is 4.90 Å². The van der Waals surface area contributed by atoms with Gasteiger partial charge in [0.05, 0.1) is 18.7 Å². The number of fused-ring (bicyclic) bond motifs is 1.